The Morgan fingerprint density at radius 1 is 0.753 bits per heavy atom. The van der Waals surface area contributed by atoms with Crippen molar-refractivity contribution in [3.63, 3.8) is 0 Å². The van der Waals surface area contributed by atoms with Gasteiger partial charge >= 0.3 is 0 Å². The van der Waals surface area contributed by atoms with Crippen LogP contribution < -0.4 is 58.5 Å². The van der Waals surface area contributed by atoms with Gasteiger partial charge in [-0.25, -0.2) is 0 Å². The number of benzene rings is 1. The fourth-order valence-corrected chi connectivity index (χ4v) is 14.8. The first-order valence-corrected chi connectivity index (χ1v) is 34.8. The second-order valence-electron chi connectivity index (χ2n) is 26.3. The number of hydrogen-bond donors (Lipinski definition) is 15. The zero-order valence-electron chi connectivity index (χ0n) is 54.8. The number of unbranched alkanes of at least 4 members (excludes halogenated alkanes) is 2. The molecule has 532 valence electrons. The maximum Gasteiger partial charge on any atom is 0.253 e. The van der Waals surface area contributed by atoms with Gasteiger partial charge in [0.15, 0.2) is 0 Å². The Hall–Kier alpha value is -8.56. The van der Waals surface area contributed by atoms with Crippen LogP contribution in [0.4, 0.5) is 5.69 Å². The summed E-state index contributed by atoms with van der Waals surface area (Å²) in [4.78, 5) is 184. The first kappa shape index (κ1) is 74.2. The molecule has 5 aliphatic heterocycles. The third-order valence-corrected chi connectivity index (χ3v) is 20.9. The molecule has 8 rings (SSSR count). The molecule has 0 radical (unpaired) electrons. The summed E-state index contributed by atoms with van der Waals surface area (Å²) >= 11 is 0. The number of phenolic OH excluding ortho intramolecular Hbond substituents is 1. The molecule has 32 nitrogen and oxygen atoms in total. The number of nitrogens with two attached hydrogens (primary N) is 1. The number of primary amides is 1. The number of H-pyrrole nitrogens is 1. The van der Waals surface area contributed by atoms with Gasteiger partial charge in [-0.2, -0.15) is 0 Å². The first-order valence-electron chi connectivity index (χ1n) is 33.4. The number of imide groups is 1. The Kier molecular flexibility index (Phi) is 26.1. The molecular weight excluding hydrogens is 1280 g/mol. The van der Waals surface area contributed by atoms with Crippen LogP contribution in [0.3, 0.4) is 0 Å². The summed E-state index contributed by atoms with van der Waals surface area (Å²) in [6, 6.07) is -7.48. The van der Waals surface area contributed by atoms with Crippen LogP contribution in [0, 0.1) is 29.6 Å². The average Bonchev–Trinajstić information content (AvgIpc) is 1.69. The van der Waals surface area contributed by atoms with E-state index in [1.807, 2.05) is 4.90 Å². The van der Waals surface area contributed by atoms with Crippen LogP contribution >= 0.6 is 0 Å². The number of aromatic amines is 1. The van der Waals surface area contributed by atoms with Crippen LogP contribution in [0.25, 0.3) is 10.9 Å². The molecule has 1 aliphatic carbocycles. The third kappa shape index (κ3) is 19.2. The Labute approximate surface area is 562 Å². The maximum atomic E-state index is 15.4. The minimum absolute atomic E-state index is 0.0130. The number of amides is 13. The highest BCUT2D eigenvalue weighted by Crippen LogP contribution is 2.41. The van der Waals surface area contributed by atoms with Crippen molar-refractivity contribution in [1.82, 2.24) is 62.6 Å². The number of hydrogen-bond acceptors (Lipinski definition) is 19. The van der Waals surface area contributed by atoms with E-state index in [4.69, 9.17) is 5.73 Å². The molecule has 1 aromatic carbocycles. The molecule has 2 aromatic rings. The molecule has 1 aromatic heterocycles. The van der Waals surface area contributed by atoms with Crippen molar-refractivity contribution >= 4 is 104 Å². The van der Waals surface area contributed by atoms with Crippen molar-refractivity contribution in [2.75, 3.05) is 69.6 Å². The number of aliphatic hydroxyl groups is 3. The number of nitrogens with one attached hydrogen (secondary N) is 10. The number of phenols is 1. The van der Waals surface area contributed by atoms with Crippen LogP contribution in [0.1, 0.15) is 116 Å². The van der Waals surface area contributed by atoms with Gasteiger partial charge in [-0.1, -0.05) is 33.6 Å². The van der Waals surface area contributed by atoms with E-state index in [1.54, 1.807) is 13.8 Å². The fourth-order valence-electron chi connectivity index (χ4n) is 13.4. The SMILES string of the molecule is CC[C@H](C)[C@@H]1NC(=O)CNC(=O)[C@H]2Cc3c([nH]c4c(N5CCC(CCNC(=O)CCCCCNC(=O)C6CCC(CN7C(=O)C=CC7=O)CC6)CC5)c(O)ccc34)S(=O)C[C@@H](NC(=O)CNC1=O)C(=O)N[C@@H](CC(N)=O)C(=O)N1C[C@H](O)C[C@H]1C(=O)N[C@@H]([C@H](C)[C@H](O)CO)C(=O)N2. The predicted molar refractivity (Wildman–Crippen MR) is 348 cm³/mol. The number of rotatable bonds is 20. The van der Waals surface area contributed by atoms with Gasteiger partial charge in [-0.15, -0.1) is 0 Å². The van der Waals surface area contributed by atoms with Crippen LogP contribution in [0.5, 0.6) is 5.75 Å². The topological polar surface area (TPSA) is 480 Å². The van der Waals surface area contributed by atoms with Crippen molar-refractivity contribution in [2.24, 2.45) is 35.3 Å². The fraction of sp³-hybridized carbons (Fsp3) is 0.641. The molecule has 97 heavy (non-hydrogen) atoms. The van der Waals surface area contributed by atoms with E-state index in [2.05, 4.69) is 52.8 Å². The number of piperidine rings is 1. The van der Waals surface area contributed by atoms with E-state index in [-0.39, 0.29) is 74.3 Å². The van der Waals surface area contributed by atoms with Gasteiger partial charge < -0.3 is 88.8 Å². The Morgan fingerprint density at radius 2 is 1.43 bits per heavy atom. The zero-order valence-corrected chi connectivity index (χ0v) is 55.6. The molecule has 1 saturated carbocycles. The average molecular weight is 1380 g/mol. The highest BCUT2D eigenvalue weighted by atomic mass is 32.2. The van der Waals surface area contributed by atoms with Crippen molar-refractivity contribution in [2.45, 2.75) is 171 Å². The smallest absolute Gasteiger partial charge is 0.253 e. The van der Waals surface area contributed by atoms with Crippen molar-refractivity contribution in [1.29, 1.82) is 0 Å². The van der Waals surface area contributed by atoms with E-state index >= 15 is 4.21 Å². The summed E-state index contributed by atoms with van der Waals surface area (Å²) in [5.74, 6) is -13.0. The lowest BCUT2D eigenvalue weighted by Crippen LogP contribution is -2.62. The Bertz CT molecular complexity index is 3350. The van der Waals surface area contributed by atoms with E-state index < -0.39 is 176 Å². The van der Waals surface area contributed by atoms with Gasteiger partial charge in [0.05, 0.1) is 60.4 Å². The molecule has 2 bridgehead atoms. The molecule has 16 N–H and O–H groups in total. The lowest BCUT2D eigenvalue weighted by molar-refractivity contribution is -0.144. The molecule has 1 unspecified atom stereocenters. The highest BCUT2D eigenvalue weighted by molar-refractivity contribution is 7.85. The lowest BCUT2D eigenvalue weighted by atomic mass is 9.81. The number of nitrogens with zero attached hydrogens (tertiary/aromatic N) is 3. The summed E-state index contributed by atoms with van der Waals surface area (Å²) in [6.45, 7) is 3.60. The molecule has 6 aliphatic rings. The predicted octanol–water partition coefficient (Wildman–Crippen LogP) is -3.79. The van der Waals surface area contributed by atoms with Crippen LogP contribution in [0.2, 0.25) is 0 Å². The Balaban J connectivity index is 1.01. The van der Waals surface area contributed by atoms with Gasteiger partial charge in [0, 0.05) is 87.9 Å². The van der Waals surface area contributed by atoms with Crippen molar-refractivity contribution < 1.29 is 87.0 Å². The van der Waals surface area contributed by atoms with Crippen LogP contribution in [-0.2, 0) is 79.5 Å². The van der Waals surface area contributed by atoms with Crippen molar-refractivity contribution in [3.05, 3.63) is 29.8 Å². The van der Waals surface area contributed by atoms with E-state index in [0.717, 1.165) is 24.2 Å². The van der Waals surface area contributed by atoms with Crippen LogP contribution in [0.15, 0.2) is 29.3 Å². The molecule has 6 heterocycles. The van der Waals surface area contributed by atoms with Gasteiger partial charge in [-0.05, 0) is 93.2 Å². The van der Waals surface area contributed by atoms with Gasteiger partial charge in [0.25, 0.3) is 11.8 Å². The molecule has 3 fully saturated rings. The summed E-state index contributed by atoms with van der Waals surface area (Å²) in [5, 5.41) is 67.3. The molecule has 33 heteroatoms. The van der Waals surface area contributed by atoms with E-state index in [9.17, 15) is 82.8 Å². The quantitative estimate of drug-likeness (QED) is 0.0447. The lowest BCUT2D eigenvalue weighted by Gasteiger charge is -2.34. The number of aromatic hydroxyl groups is 1. The first-order chi connectivity index (χ1) is 46.2. The summed E-state index contributed by atoms with van der Waals surface area (Å²) in [6.07, 6.45) is 4.91. The Morgan fingerprint density at radius 3 is 2.10 bits per heavy atom. The standard InChI is InChI=1S/C64H92N14O18S/c1-4-33(2)53-61(93)69-27-49(85)70-43-32-97(96)63-40(25-41(58(90)68-28-50(86)73-53)71-62(94)54(34(3)46(82)31-79)74-60(92)44-24-38(80)30-77(44)64(95)42(26-47(65)83)72-59(43)91)39-13-14-45(81)56(55(39)75-63)76-22-18-35(19-23-76)17-21-66-48(84)8-6-5-7-20-67-57(89)37-11-9-36(10-12-37)29-78-51(87)15-16-52(78)88/h13-16,33-38,41-44,46,53-54,75,79-82H,4-12,17-32H2,1-3H3,(H2,65,83)(H,66,84)(H,67,89)(H,68,90)(H,69,93)(H,70,85)(H,71,94)(H,72,91)(H,73,86)(H,74,92)/t33-,34+,36?,37?,38+,41+,42-,43+,44-,46+,53-,54-,97?/m0/s1. The molecule has 0 spiro atoms. The third-order valence-electron chi connectivity index (χ3n) is 19.4. The maximum absolute atomic E-state index is 15.4. The number of carbonyl (C=O) groups is 13. The van der Waals surface area contributed by atoms with Gasteiger partial charge in [0.1, 0.15) is 52.7 Å². The summed E-state index contributed by atoms with van der Waals surface area (Å²) < 4.78 is 15.4. The number of aromatic nitrogens is 1. The number of anilines is 1. The number of fused-ring (bicyclic) bond motifs is 5. The molecule has 2 saturated heterocycles. The van der Waals surface area contributed by atoms with Crippen LogP contribution in [-0.4, -0.2) is 229 Å². The largest absolute Gasteiger partial charge is 0.506 e. The second-order valence-corrected chi connectivity index (χ2v) is 27.7. The van der Waals surface area contributed by atoms with E-state index in [0.29, 0.717) is 90.5 Å². The summed E-state index contributed by atoms with van der Waals surface area (Å²) in [7, 11) is -2.50. The highest BCUT2D eigenvalue weighted by Gasteiger charge is 2.46. The molecule has 13 amide bonds. The minimum atomic E-state index is -2.50. The van der Waals surface area contributed by atoms with Gasteiger partial charge in [0.2, 0.25) is 65.0 Å². The van der Waals surface area contributed by atoms with E-state index in [1.165, 1.54) is 36.1 Å². The van der Waals surface area contributed by atoms with Crippen molar-refractivity contribution in [3.8, 4) is 5.75 Å². The molecular formula is C64H92N14O18S. The number of aliphatic hydroxyl groups excluding tert-OH is 3. The normalized spacial score (nSPS) is 27.1. The summed E-state index contributed by atoms with van der Waals surface area (Å²) in [5.41, 5.74) is 6.07. The van der Waals surface area contributed by atoms with Gasteiger partial charge in [-0.3, -0.25) is 71.4 Å². The minimum Gasteiger partial charge on any atom is -0.506 e. The number of carbonyl (C=O) groups excluding carboxylic acids is 13. The zero-order chi connectivity index (χ0) is 70.4. The molecule has 11 atom stereocenters. The second kappa shape index (κ2) is 34.1. The monoisotopic (exact) mass is 1380 g/mol.